The highest BCUT2D eigenvalue weighted by atomic mass is 19.3. The first-order valence-corrected chi connectivity index (χ1v) is 6.58. The number of halogens is 2. The topological polar surface area (TPSA) is 47.6 Å². The molecule has 0 fully saturated rings. The van der Waals surface area contributed by atoms with Crippen LogP contribution in [0.4, 0.5) is 8.78 Å². The van der Waals surface area contributed by atoms with E-state index < -0.39 is 6.61 Å². The van der Waals surface area contributed by atoms with Gasteiger partial charge < -0.3 is 14.8 Å². The molecule has 22 heavy (non-hydrogen) atoms. The van der Waals surface area contributed by atoms with Crippen molar-refractivity contribution in [2.75, 3.05) is 7.05 Å². The second kappa shape index (κ2) is 7.40. The van der Waals surface area contributed by atoms with Gasteiger partial charge in [-0.15, -0.1) is 0 Å². The molecule has 0 aliphatic rings. The van der Waals surface area contributed by atoms with Crippen LogP contribution in [-0.4, -0.2) is 19.6 Å². The summed E-state index contributed by atoms with van der Waals surface area (Å²) < 4.78 is 34.5. The van der Waals surface area contributed by atoms with Crippen LogP contribution in [-0.2, 0) is 6.61 Å². The number of rotatable bonds is 6. The largest absolute Gasteiger partial charge is 0.485 e. The fraction of sp³-hybridized carbons (Fsp3) is 0.188. The first-order chi connectivity index (χ1) is 10.6. The molecule has 0 aromatic heterocycles. The SMILES string of the molecule is CNC(=O)c1cccc(COc2ccccc2OC(F)F)c1. The van der Waals surface area contributed by atoms with Crippen LogP contribution in [0.3, 0.4) is 0 Å². The molecule has 0 unspecified atom stereocenters. The summed E-state index contributed by atoms with van der Waals surface area (Å²) in [6.45, 7) is -2.78. The fourth-order valence-corrected chi connectivity index (χ4v) is 1.87. The van der Waals surface area contributed by atoms with Crippen LogP contribution in [0.5, 0.6) is 11.5 Å². The molecule has 0 bridgehead atoms. The maximum Gasteiger partial charge on any atom is 0.387 e. The Morgan fingerprint density at radius 3 is 2.55 bits per heavy atom. The number of amides is 1. The summed E-state index contributed by atoms with van der Waals surface area (Å²) in [7, 11) is 1.55. The molecule has 0 saturated carbocycles. The molecule has 0 saturated heterocycles. The average molecular weight is 307 g/mol. The quantitative estimate of drug-likeness (QED) is 0.891. The van der Waals surface area contributed by atoms with Crippen LogP contribution in [0.1, 0.15) is 15.9 Å². The van der Waals surface area contributed by atoms with Gasteiger partial charge in [-0.3, -0.25) is 4.79 Å². The maximum atomic E-state index is 12.3. The highest BCUT2D eigenvalue weighted by Gasteiger charge is 2.10. The van der Waals surface area contributed by atoms with Gasteiger partial charge in [0.2, 0.25) is 0 Å². The first-order valence-electron chi connectivity index (χ1n) is 6.58. The van der Waals surface area contributed by atoms with E-state index in [1.807, 2.05) is 0 Å². The third-order valence-electron chi connectivity index (χ3n) is 2.88. The zero-order valence-electron chi connectivity index (χ0n) is 11.9. The number of carbonyl (C=O) groups is 1. The fourth-order valence-electron chi connectivity index (χ4n) is 1.87. The molecule has 1 amide bonds. The molecule has 0 atom stereocenters. The van der Waals surface area contributed by atoms with Crippen molar-refractivity contribution in [3.05, 3.63) is 59.7 Å². The first kappa shape index (κ1) is 15.8. The van der Waals surface area contributed by atoms with Crippen molar-refractivity contribution in [2.24, 2.45) is 0 Å². The van der Waals surface area contributed by atoms with Gasteiger partial charge in [0.05, 0.1) is 0 Å². The second-order valence-corrected chi connectivity index (χ2v) is 4.39. The Morgan fingerprint density at radius 2 is 1.86 bits per heavy atom. The van der Waals surface area contributed by atoms with Crippen molar-refractivity contribution in [3.63, 3.8) is 0 Å². The summed E-state index contributed by atoms with van der Waals surface area (Å²) in [6, 6.07) is 13.0. The summed E-state index contributed by atoms with van der Waals surface area (Å²) >= 11 is 0. The monoisotopic (exact) mass is 307 g/mol. The molecular formula is C16H15F2NO3. The molecule has 4 nitrogen and oxygen atoms in total. The van der Waals surface area contributed by atoms with Gasteiger partial charge in [0.15, 0.2) is 11.5 Å². The molecule has 0 heterocycles. The van der Waals surface area contributed by atoms with E-state index in [0.29, 0.717) is 5.56 Å². The molecule has 0 aliphatic heterocycles. The van der Waals surface area contributed by atoms with Crippen molar-refractivity contribution >= 4 is 5.91 Å². The van der Waals surface area contributed by atoms with Crippen molar-refractivity contribution in [1.82, 2.24) is 5.32 Å². The lowest BCUT2D eigenvalue weighted by molar-refractivity contribution is -0.0515. The second-order valence-electron chi connectivity index (χ2n) is 4.39. The van der Waals surface area contributed by atoms with Crippen LogP contribution in [0, 0.1) is 0 Å². The van der Waals surface area contributed by atoms with Crippen LogP contribution in [0.15, 0.2) is 48.5 Å². The molecule has 0 radical (unpaired) electrons. The summed E-state index contributed by atoms with van der Waals surface area (Å²) in [6.07, 6.45) is 0. The Hall–Kier alpha value is -2.63. The predicted octanol–water partition coefficient (Wildman–Crippen LogP) is 3.23. The lowest BCUT2D eigenvalue weighted by Crippen LogP contribution is -2.17. The number of nitrogens with one attached hydrogen (secondary N) is 1. The normalized spacial score (nSPS) is 10.4. The Kier molecular flexibility index (Phi) is 5.30. The standard InChI is InChI=1S/C16H15F2NO3/c1-19-15(20)12-6-4-5-11(9-12)10-21-13-7-2-3-8-14(13)22-16(17)18/h2-9,16H,10H2,1H3,(H,19,20). The average Bonchev–Trinajstić information content (AvgIpc) is 2.53. The molecule has 6 heteroatoms. The molecule has 2 aromatic rings. The number of alkyl halides is 2. The van der Waals surface area contributed by atoms with E-state index in [2.05, 4.69) is 10.1 Å². The minimum atomic E-state index is -2.92. The molecule has 0 aliphatic carbocycles. The van der Waals surface area contributed by atoms with E-state index >= 15 is 0 Å². The Morgan fingerprint density at radius 1 is 1.14 bits per heavy atom. The maximum absolute atomic E-state index is 12.3. The molecule has 1 N–H and O–H groups in total. The lowest BCUT2D eigenvalue weighted by atomic mass is 10.1. The van der Waals surface area contributed by atoms with E-state index in [0.717, 1.165) is 5.56 Å². The van der Waals surface area contributed by atoms with E-state index in [1.165, 1.54) is 6.07 Å². The van der Waals surface area contributed by atoms with Crippen LogP contribution in [0.25, 0.3) is 0 Å². The van der Waals surface area contributed by atoms with Crippen LogP contribution in [0.2, 0.25) is 0 Å². The van der Waals surface area contributed by atoms with Crippen molar-refractivity contribution in [1.29, 1.82) is 0 Å². The van der Waals surface area contributed by atoms with Gasteiger partial charge in [0.25, 0.3) is 5.91 Å². The minimum Gasteiger partial charge on any atom is -0.485 e. The van der Waals surface area contributed by atoms with Gasteiger partial charge in [-0.1, -0.05) is 24.3 Å². The van der Waals surface area contributed by atoms with E-state index in [1.54, 1.807) is 49.5 Å². The molecule has 2 aromatic carbocycles. The van der Waals surface area contributed by atoms with Crippen molar-refractivity contribution in [3.8, 4) is 11.5 Å². The molecule has 0 spiro atoms. The highest BCUT2D eigenvalue weighted by molar-refractivity contribution is 5.94. The molecular weight excluding hydrogens is 292 g/mol. The van der Waals surface area contributed by atoms with E-state index in [4.69, 9.17) is 4.74 Å². The van der Waals surface area contributed by atoms with Gasteiger partial charge >= 0.3 is 6.61 Å². The number of hydrogen-bond acceptors (Lipinski definition) is 3. The summed E-state index contributed by atoms with van der Waals surface area (Å²) in [4.78, 5) is 11.6. The van der Waals surface area contributed by atoms with Gasteiger partial charge in [-0.25, -0.2) is 0 Å². The van der Waals surface area contributed by atoms with Crippen LogP contribution >= 0.6 is 0 Å². The molecule has 116 valence electrons. The van der Waals surface area contributed by atoms with E-state index in [-0.39, 0.29) is 24.0 Å². The third-order valence-corrected chi connectivity index (χ3v) is 2.88. The lowest BCUT2D eigenvalue weighted by Gasteiger charge is -2.12. The summed E-state index contributed by atoms with van der Waals surface area (Å²) in [5, 5.41) is 2.53. The van der Waals surface area contributed by atoms with Gasteiger partial charge in [-0.2, -0.15) is 8.78 Å². The summed E-state index contributed by atoms with van der Waals surface area (Å²) in [5.74, 6) is -0.0172. The zero-order valence-corrected chi connectivity index (χ0v) is 11.9. The predicted molar refractivity (Wildman–Crippen MR) is 77.2 cm³/mol. The van der Waals surface area contributed by atoms with Crippen molar-refractivity contribution in [2.45, 2.75) is 13.2 Å². The Balaban J connectivity index is 2.09. The van der Waals surface area contributed by atoms with Crippen molar-refractivity contribution < 1.29 is 23.0 Å². The minimum absolute atomic E-state index is 0.0278. The Labute approximate surface area is 126 Å². The van der Waals surface area contributed by atoms with Gasteiger partial charge in [0.1, 0.15) is 6.61 Å². The number of para-hydroxylation sites is 2. The Bertz CT molecular complexity index is 647. The number of benzene rings is 2. The van der Waals surface area contributed by atoms with Gasteiger partial charge in [0, 0.05) is 12.6 Å². The van der Waals surface area contributed by atoms with E-state index in [9.17, 15) is 13.6 Å². The van der Waals surface area contributed by atoms with Crippen LogP contribution < -0.4 is 14.8 Å². The molecule has 2 rings (SSSR count). The smallest absolute Gasteiger partial charge is 0.387 e. The zero-order chi connectivity index (χ0) is 15.9. The number of hydrogen-bond donors (Lipinski definition) is 1. The number of carbonyl (C=O) groups excluding carboxylic acids is 1. The summed E-state index contributed by atoms with van der Waals surface area (Å²) in [5.41, 5.74) is 1.24. The highest BCUT2D eigenvalue weighted by Crippen LogP contribution is 2.28. The van der Waals surface area contributed by atoms with Gasteiger partial charge in [-0.05, 0) is 29.8 Å². The number of ether oxygens (including phenoxy) is 2. The third kappa shape index (κ3) is 4.18.